The molecule has 0 fully saturated rings. The molecule has 3 rings (SSSR count). The highest BCUT2D eigenvalue weighted by Crippen LogP contribution is 2.33. The lowest BCUT2D eigenvalue weighted by atomic mass is 10.0. The maximum Gasteiger partial charge on any atom is 0.269 e. The fourth-order valence-electron chi connectivity index (χ4n) is 2.91. The maximum absolute atomic E-state index is 12.8. The van der Waals surface area contributed by atoms with Crippen LogP contribution in [-0.2, 0) is 22.2 Å². The van der Waals surface area contributed by atoms with E-state index < -0.39 is 14.9 Å². The Hall–Kier alpha value is -2.61. The minimum Gasteiger partial charge on any atom is -0.398 e. The minimum absolute atomic E-state index is 0.0627. The summed E-state index contributed by atoms with van der Waals surface area (Å²) in [5, 5.41) is 10.7. The summed E-state index contributed by atoms with van der Waals surface area (Å²) in [7, 11) is -3.59. The van der Waals surface area contributed by atoms with E-state index in [0.717, 1.165) is 12.0 Å². The Morgan fingerprint density at radius 2 is 1.88 bits per heavy atom. The predicted molar refractivity (Wildman–Crippen MR) is 92.2 cm³/mol. The molecule has 0 aliphatic carbocycles. The molecule has 0 amide bonds. The van der Waals surface area contributed by atoms with Crippen LogP contribution in [0.3, 0.4) is 0 Å². The van der Waals surface area contributed by atoms with Crippen LogP contribution in [-0.4, -0.2) is 19.9 Å². The van der Waals surface area contributed by atoms with Crippen LogP contribution in [0.1, 0.15) is 17.5 Å². The van der Waals surface area contributed by atoms with Gasteiger partial charge in [0, 0.05) is 24.4 Å². The first-order chi connectivity index (χ1) is 11.4. The quantitative estimate of drug-likeness (QED) is 0.519. The molecule has 2 N–H and O–H groups in total. The average molecular weight is 347 g/mol. The Labute approximate surface area is 139 Å². The lowest BCUT2D eigenvalue weighted by Gasteiger charge is -2.31. The van der Waals surface area contributed by atoms with Crippen molar-refractivity contribution in [3.8, 4) is 0 Å². The van der Waals surface area contributed by atoms with Gasteiger partial charge in [-0.25, -0.2) is 8.42 Å². The van der Waals surface area contributed by atoms with E-state index in [1.165, 1.54) is 28.6 Å². The number of benzene rings is 2. The van der Waals surface area contributed by atoms with Crippen LogP contribution in [0.15, 0.2) is 42.5 Å². The molecule has 2 aromatic carbocycles. The first-order valence-corrected chi connectivity index (χ1v) is 9.10. The Morgan fingerprint density at radius 3 is 2.54 bits per heavy atom. The molecule has 24 heavy (non-hydrogen) atoms. The number of sulfonamides is 1. The number of hydrogen-bond acceptors (Lipinski definition) is 5. The van der Waals surface area contributed by atoms with Crippen LogP contribution < -0.4 is 10.0 Å². The second-order valence-corrected chi connectivity index (χ2v) is 7.59. The molecule has 0 bridgehead atoms. The third-order valence-electron chi connectivity index (χ3n) is 4.08. The Kier molecular flexibility index (Phi) is 4.15. The van der Waals surface area contributed by atoms with Crippen molar-refractivity contribution in [1.82, 2.24) is 0 Å². The van der Waals surface area contributed by atoms with Crippen LogP contribution >= 0.6 is 0 Å². The van der Waals surface area contributed by atoms with Crippen LogP contribution in [0, 0.1) is 10.1 Å². The first kappa shape index (κ1) is 16.3. The lowest BCUT2D eigenvalue weighted by molar-refractivity contribution is -0.384. The molecule has 0 spiro atoms. The average Bonchev–Trinajstić information content (AvgIpc) is 2.55. The lowest BCUT2D eigenvalue weighted by Crippen LogP contribution is -2.36. The summed E-state index contributed by atoms with van der Waals surface area (Å²) in [6.07, 6.45) is 1.46. The zero-order valence-electron chi connectivity index (χ0n) is 12.9. The molecule has 0 radical (unpaired) electrons. The molecule has 0 unspecified atom stereocenters. The highest BCUT2D eigenvalue weighted by molar-refractivity contribution is 7.92. The molecule has 1 heterocycles. The standard InChI is InChI=1S/C16H17N3O4S/c17-15-4-1-5-16-14(15)3-2-10-18(16)24(22,23)11-12-6-8-13(9-7-12)19(20)21/h1,4-9H,2-3,10-11,17H2. The Balaban J connectivity index is 1.89. The van der Waals surface area contributed by atoms with Crippen molar-refractivity contribution in [3.05, 3.63) is 63.7 Å². The van der Waals surface area contributed by atoms with Gasteiger partial charge in [0.15, 0.2) is 0 Å². The number of fused-ring (bicyclic) bond motifs is 1. The number of nitrogens with zero attached hydrogens (tertiary/aromatic N) is 2. The number of nitro groups is 1. The van der Waals surface area contributed by atoms with Crippen molar-refractivity contribution in [3.63, 3.8) is 0 Å². The molecule has 1 aliphatic rings. The number of hydrogen-bond donors (Lipinski definition) is 1. The topological polar surface area (TPSA) is 107 Å². The predicted octanol–water partition coefficient (Wildman–Crippen LogP) is 2.46. The fourth-order valence-corrected chi connectivity index (χ4v) is 4.56. The van der Waals surface area contributed by atoms with Crippen LogP contribution in [0.2, 0.25) is 0 Å². The number of nitrogen functional groups attached to an aromatic ring is 1. The molecule has 0 atom stereocenters. The Bertz CT molecular complexity index is 879. The van der Waals surface area contributed by atoms with E-state index in [2.05, 4.69) is 0 Å². The van der Waals surface area contributed by atoms with E-state index in [1.807, 2.05) is 0 Å². The summed E-state index contributed by atoms with van der Waals surface area (Å²) in [6, 6.07) is 10.8. The molecule has 126 valence electrons. The zero-order valence-corrected chi connectivity index (χ0v) is 13.7. The van der Waals surface area contributed by atoms with Crippen molar-refractivity contribution >= 4 is 27.1 Å². The third kappa shape index (κ3) is 3.05. The summed E-state index contributed by atoms with van der Waals surface area (Å²) < 4.78 is 27.0. The van der Waals surface area contributed by atoms with Gasteiger partial charge in [-0.05, 0) is 36.1 Å². The van der Waals surface area contributed by atoms with E-state index >= 15 is 0 Å². The maximum atomic E-state index is 12.8. The van der Waals surface area contributed by atoms with Gasteiger partial charge < -0.3 is 5.73 Å². The Morgan fingerprint density at radius 1 is 1.17 bits per heavy atom. The van der Waals surface area contributed by atoms with E-state index in [4.69, 9.17) is 5.73 Å². The monoisotopic (exact) mass is 347 g/mol. The largest absolute Gasteiger partial charge is 0.398 e. The number of nitrogens with two attached hydrogens (primary N) is 1. The van der Waals surface area contributed by atoms with Gasteiger partial charge in [-0.15, -0.1) is 0 Å². The molecule has 0 saturated heterocycles. The molecular weight excluding hydrogens is 330 g/mol. The number of non-ortho nitro benzene ring substituents is 1. The van der Waals surface area contributed by atoms with Crippen LogP contribution in [0.4, 0.5) is 17.1 Å². The van der Waals surface area contributed by atoms with Crippen molar-refractivity contribution in [2.45, 2.75) is 18.6 Å². The zero-order chi connectivity index (χ0) is 17.3. The highest BCUT2D eigenvalue weighted by Gasteiger charge is 2.28. The molecular formula is C16H17N3O4S. The van der Waals surface area contributed by atoms with Crippen LogP contribution in [0.5, 0.6) is 0 Å². The van der Waals surface area contributed by atoms with E-state index in [1.54, 1.807) is 18.2 Å². The highest BCUT2D eigenvalue weighted by atomic mass is 32.2. The van der Waals surface area contributed by atoms with Gasteiger partial charge in [0.05, 0.1) is 16.4 Å². The van der Waals surface area contributed by atoms with Gasteiger partial charge in [-0.3, -0.25) is 14.4 Å². The summed E-state index contributed by atoms with van der Waals surface area (Å²) in [6.45, 7) is 0.409. The minimum atomic E-state index is -3.59. The molecule has 0 saturated carbocycles. The second-order valence-electron chi connectivity index (χ2n) is 5.70. The van der Waals surface area contributed by atoms with Crippen LogP contribution in [0.25, 0.3) is 0 Å². The fraction of sp³-hybridized carbons (Fsp3) is 0.250. The third-order valence-corrected chi connectivity index (χ3v) is 5.83. The molecule has 2 aromatic rings. The van der Waals surface area contributed by atoms with Gasteiger partial charge in [-0.1, -0.05) is 18.2 Å². The smallest absolute Gasteiger partial charge is 0.269 e. The first-order valence-electron chi connectivity index (χ1n) is 7.49. The van der Waals surface area contributed by atoms with E-state index in [-0.39, 0.29) is 11.4 Å². The summed E-state index contributed by atoms with van der Waals surface area (Å²) in [5.41, 5.74) is 8.49. The van der Waals surface area contributed by atoms with Gasteiger partial charge in [-0.2, -0.15) is 0 Å². The van der Waals surface area contributed by atoms with Gasteiger partial charge in [0.1, 0.15) is 0 Å². The SMILES string of the molecule is Nc1cccc2c1CCCN2S(=O)(=O)Cc1ccc([N+](=O)[O-])cc1. The number of nitro benzene ring substituents is 1. The summed E-state index contributed by atoms with van der Waals surface area (Å²) in [5.74, 6) is -0.209. The molecule has 1 aliphatic heterocycles. The second kappa shape index (κ2) is 6.12. The number of rotatable bonds is 4. The number of anilines is 2. The normalized spacial score (nSPS) is 14.2. The van der Waals surface area contributed by atoms with E-state index in [0.29, 0.717) is 29.9 Å². The van der Waals surface area contributed by atoms with Crippen molar-refractivity contribution in [2.24, 2.45) is 0 Å². The van der Waals surface area contributed by atoms with Crippen molar-refractivity contribution in [2.75, 3.05) is 16.6 Å². The van der Waals surface area contributed by atoms with Gasteiger partial charge >= 0.3 is 0 Å². The van der Waals surface area contributed by atoms with Gasteiger partial charge in [0.2, 0.25) is 10.0 Å². The molecule has 0 aromatic heterocycles. The summed E-state index contributed by atoms with van der Waals surface area (Å²) >= 11 is 0. The van der Waals surface area contributed by atoms with Crippen molar-refractivity contribution in [1.29, 1.82) is 0 Å². The van der Waals surface area contributed by atoms with Gasteiger partial charge in [0.25, 0.3) is 5.69 Å². The van der Waals surface area contributed by atoms with Crippen molar-refractivity contribution < 1.29 is 13.3 Å². The molecule has 8 heteroatoms. The summed E-state index contributed by atoms with van der Waals surface area (Å²) in [4.78, 5) is 10.2. The van der Waals surface area contributed by atoms with E-state index in [9.17, 15) is 18.5 Å². The molecule has 7 nitrogen and oxygen atoms in total.